The number of rotatable bonds is 3. The Labute approximate surface area is 138 Å². The number of benzene rings is 2. The van der Waals surface area contributed by atoms with Gasteiger partial charge in [-0.1, -0.05) is 30.3 Å². The number of aromatic nitrogens is 2. The average Bonchev–Trinajstić information content (AvgIpc) is 3.01. The molecule has 3 nitrogen and oxygen atoms in total. The third-order valence-corrected chi connectivity index (χ3v) is 3.68. The highest BCUT2D eigenvalue weighted by atomic mass is 19.4. The van der Waals surface area contributed by atoms with Gasteiger partial charge in [-0.3, -0.25) is 0 Å². The van der Waals surface area contributed by atoms with Gasteiger partial charge in [-0.05, 0) is 30.3 Å². The molecule has 0 amide bonds. The summed E-state index contributed by atoms with van der Waals surface area (Å²) in [6.45, 7) is 0. The van der Waals surface area contributed by atoms with Crippen LogP contribution in [0.1, 0.15) is 5.69 Å². The van der Waals surface area contributed by atoms with Gasteiger partial charge < -0.3 is 4.90 Å². The zero-order valence-electron chi connectivity index (χ0n) is 13.2. The number of halogens is 3. The maximum Gasteiger partial charge on any atom is 0.435 e. The summed E-state index contributed by atoms with van der Waals surface area (Å²) < 4.78 is 40.6. The molecule has 0 unspecified atom stereocenters. The monoisotopic (exact) mass is 331 g/mol. The number of para-hydroxylation sites is 1. The molecule has 0 aliphatic heterocycles. The lowest BCUT2D eigenvalue weighted by Gasteiger charge is -2.13. The minimum Gasteiger partial charge on any atom is -0.378 e. The van der Waals surface area contributed by atoms with Gasteiger partial charge in [0.05, 0.1) is 11.4 Å². The van der Waals surface area contributed by atoms with Crippen LogP contribution in [0.25, 0.3) is 16.9 Å². The summed E-state index contributed by atoms with van der Waals surface area (Å²) in [5, 5.41) is 3.77. The lowest BCUT2D eigenvalue weighted by Crippen LogP contribution is -2.08. The van der Waals surface area contributed by atoms with Crippen LogP contribution < -0.4 is 4.90 Å². The predicted molar refractivity (Wildman–Crippen MR) is 88.3 cm³/mol. The molecule has 124 valence electrons. The average molecular weight is 331 g/mol. The van der Waals surface area contributed by atoms with Crippen LogP contribution in [0.15, 0.2) is 60.7 Å². The SMILES string of the molecule is CN(C)c1ccc(-c2cc(C(F)(F)F)nn2-c2ccccc2)cc1. The summed E-state index contributed by atoms with van der Waals surface area (Å²) in [5.74, 6) is 0. The van der Waals surface area contributed by atoms with E-state index < -0.39 is 11.9 Å². The van der Waals surface area contributed by atoms with E-state index >= 15 is 0 Å². The minimum atomic E-state index is -4.49. The highest BCUT2D eigenvalue weighted by Crippen LogP contribution is 2.33. The largest absolute Gasteiger partial charge is 0.435 e. The molecule has 0 fully saturated rings. The Morgan fingerprint density at radius 1 is 0.917 bits per heavy atom. The van der Waals surface area contributed by atoms with Crippen molar-refractivity contribution in [3.63, 3.8) is 0 Å². The third kappa shape index (κ3) is 3.13. The van der Waals surface area contributed by atoms with E-state index in [0.717, 1.165) is 11.8 Å². The van der Waals surface area contributed by atoms with Crippen molar-refractivity contribution in [1.29, 1.82) is 0 Å². The first-order valence-corrected chi connectivity index (χ1v) is 7.37. The molecule has 0 aliphatic rings. The Hall–Kier alpha value is -2.76. The van der Waals surface area contributed by atoms with E-state index in [2.05, 4.69) is 5.10 Å². The van der Waals surface area contributed by atoms with Crippen molar-refractivity contribution in [2.24, 2.45) is 0 Å². The molecule has 2 aromatic carbocycles. The summed E-state index contributed by atoms with van der Waals surface area (Å²) in [5.41, 5.74) is 1.73. The highest BCUT2D eigenvalue weighted by molar-refractivity contribution is 5.65. The maximum atomic E-state index is 13.1. The lowest BCUT2D eigenvalue weighted by molar-refractivity contribution is -0.141. The molecule has 0 spiro atoms. The molecule has 6 heteroatoms. The summed E-state index contributed by atoms with van der Waals surface area (Å²) in [7, 11) is 3.82. The number of hydrogen-bond acceptors (Lipinski definition) is 2. The molecule has 3 aromatic rings. The van der Waals surface area contributed by atoms with Crippen molar-refractivity contribution < 1.29 is 13.2 Å². The van der Waals surface area contributed by atoms with Crippen LogP contribution in [-0.4, -0.2) is 23.9 Å². The molecule has 0 atom stereocenters. The summed E-state index contributed by atoms with van der Waals surface area (Å²) in [6, 6.07) is 17.2. The molecular formula is C18H16F3N3. The normalized spacial score (nSPS) is 11.5. The first-order chi connectivity index (χ1) is 11.4. The zero-order chi connectivity index (χ0) is 17.3. The Morgan fingerprint density at radius 3 is 2.08 bits per heavy atom. The summed E-state index contributed by atoms with van der Waals surface area (Å²) in [4.78, 5) is 1.93. The summed E-state index contributed by atoms with van der Waals surface area (Å²) >= 11 is 0. The fraction of sp³-hybridized carbons (Fsp3) is 0.167. The van der Waals surface area contributed by atoms with Crippen LogP contribution in [0.2, 0.25) is 0 Å². The van der Waals surface area contributed by atoms with E-state index in [-0.39, 0.29) is 0 Å². The van der Waals surface area contributed by atoms with Gasteiger partial charge in [0.1, 0.15) is 0 Å². The van der Waals surface area contributed by atoms with Gasteiger partial charge in [0.2, 0.25) is 0 Å². The van der Waals surface area contributed by atoms with Crippen LogP contribution in [0.4, 0.5) is 18.9 Å². The second-order valence-corrected chi connectivity index (χ2v) is 5.60. The van der Waals surface area contributed by atoms with Crippen LogP contribution in [0, 0.1) is 0 Å². The van der Waals surface area contributed by atoms with Gasteiger partial charge in [-0.2, -0.15) is 18.3 Å². The molecule has 24 heavy (non-hydrogen) atoms. The van der Waals surface area contributed by atoms with E-state index in [1.54, 1.807) is 36.4 Å². The predicted octanol–water partition coefficient (Wildman–Crippen LogP) is 4.62. The van der Waals surface area contributed by atoms with Crippen LogP contribution in [0.3, 0.4) is 0 Å². The molecule has 0 bridgehead atoms. The van der Waals surface area contributed by atoms with Gasteiger partial charge in [-0.25, -0.2) is 4.68 Å². The van der Waals surface area contributed by atoms with Crippen LogP contribution >= 0.6 is 0 Å². The molecule has 0 N–H and O–H groups in total. The van der Waals surface area contributed by atoms with Gasteiger partial charge >= 0.3 is 6.18 Å². The molecule has 0 aliphatic carbocycles. The fourth-order valence-electron chi connectivity index (χ4n) is 2.42. The second-order valence-electron chi connectivity index (χ2n) is 5.60. The van der Waals surface area contributed by atoms with Gasteiger partial charge in [0, 0.05) is 25.3 Å². The van der Waals surface area contributed by atoms with Crippen molar-refractivity contribution in [1.82, 2.24) is 9.78 Å². The molecule has 1 aromatic heterocycles. The van der Waals surface area contributed by atoms with E-state index in [4.69, 9.17) is 0 Å². The van der Waals surface area contributed by atoms with Crippen LogP contribution in [0.5, 0.6) is 0 Å². The molecular weight excluding hydrogens is 315 g/mol. The third-order valence-electron chi connectivity index (χ3n) is 3.68. The topological polar surface area (TPSA) is 21.1 Å². The highest BCUT2D eigenvalue weighted by Gasteiger charge is 2.35. The first kappa shape index (κ1) is 16.1. The summed E-state index contributed by atoms with van der Waals surface area (Å²) in [6.07, 6.45) is -4.49. The maximum absolute atomic E-state index is 13.1. The van der Waals surface area contributed by atoms with E-state index in [0.29, 0.717) is 16.9 Å². The van der Waals surface area contributed by atoms with E-state index in [1.165, 1.54) is 4.68 Å². The standard InChI is InChI=1S/C18H16F3N3/c1-23(2)14-10-8-13(9-11-14)16-12-17(18(19,20)21)22-24(16)15-6-4-3-5-7-15/h3-12H,1-2H3. The zero-order valence-corrected chi connectivity index (χ0v) is 13.2. The van der Waals surface area contributed by atoms with Gasteiger partial charge in [-0.15, -0.1) is 0 Å². The van der Waals surface area contributed by atoms with Crippen molar-refractivity contribution in [2.75, 3.05) is 19.0 Å². The molecule has 0 radical (unpaired) electrons. The van der Waals surface area contributed by atoms with Crippen molar-refractivity contribution in [3.8, 4) is 16.9 Å². The van der Waals surface area contributed by atoms with Gasteiger partial charge in [0.15, 0.2) is 5.69 Å². The quantitative estimate of drug-likeness (QED) is 0.698. The Morgan fingerprint density at radius 2 is 1.54 bits per heavy atom. The molecule has 0 saturated heterocycles. The fourth-order valence-corrected chi connectivity index (χ4v) is 2.42. The van der Waals surface area contributed by atoms with Crippen LogP contribution in [-0.2, 0) is 6.18 Å². The number of nitrogens with zero attached hydrogens (tertiary/aromatic N) is 3. The number of alkyl halides is 3. The minimum absolute atomic E-state index is 0.402. The number of hydrogen-bond donors (Lipinski definition) is 0. The Kier molecular flexibility index (Phi) is 4.05. The first-order valence-electron chi connectivity index (χ1n) is 7.37. The van der Waals surface area contributed by atoms with Gasteiger partial charge in [0.25, 0.3) is 0 Å². The molecule has 3 rings (SSSR count). The van der Waals surface area contributed by atoms with E-state index in [9.17, 15) is 13.2 Å². The lowest BCUT2D eigenvalue weighted by atomic mass is 10.1. The molecule has 0 saturated carbocycles. The Balaban J connectivity index is 2.13. The number of anilines is 1. The second kappa shape index (κ2) is 6.03. The van der Waals surface area contributed by atoms with Crippen molar-refractivity contribution >= 4 is 5.69 Å². The molecule has 1 heterocycles. The Bertz CT molecular complexity index is 819. The van der Waals surface area contributed by atoms with Crippen molar-refractivity contribution in [3.05, 3.63) is 66.4 Å². The smallest absolute Gasteiger partial charge is 0.378 e. The van der Waals surface area contributed by atoms with E-state index in [1.807, 2.05) is 37.2 Å². The van der Waals surface area contributed by atoms with Crippen molar-refractivity contribution in [2.45, 2.75) is 6.18 Å².